The molecule has 0 saturated carbocycles. The molecule has 2 atom stereocenters. The van der Waals surface area contributed by atoms with Crippen molar-refractivity contribution in [3.8, 4) is 11.5 Å². The maximum atomic E-state index is 6.13. The number of benzene rings is 1. The Morgan fingerprint density at radius 3 is 2.37 bits per heavy atom. The van der Waals surface area contributed by atoms with Gasteiger partial charge in [-0.05, 0) is 37.8 Å². The zero-order chi connectivity index (χ0) is 13.4. The molecule has 0 aliphatic carbocycles. The molecule has 4 nitrogen and oxygen atoms in total. The Morgan fingerprint density at radius 2 is 1.79 bits per heavy atom. The number of rotatable bonds is 3. The molecule has 2 heterocycles. The van der Waals surface area contributed by atoms with Gasteiger partial charge >= 0.3 is 0 Å². The number of nitrogens with two attached hydrogens (primary N) is 1. The Bertz CT molecular complexity index is 449. The summed E-state index contributed by atoms with van der Waals surface area (Å²) >= 11 is 0. The average molecular weight is 262 g/mol. The van der Waals surface area contributed by atoms with Crippen LogP contribution in [0.2, 0.25) is 0 Å². The van der Waals surface area contributed by atoms with Gasteiger partial charge in [0.05, 0.1) is 19.9 Å². The second kappa shape index (κ2) is 4.93. The first kappa shape index (κ1) is 12.6. The fourth-order valence-corrected chi connectivity index (χ4v) is 3.61. The minimum atomic E-state index is 0.359. The first-order valence-electron chi connectivity index (χ1n) is 6.99. The lowest BCUT2D eigenvalue weighted by molar-refractivity contribution is 0.382. The molecule has 1 aromatic carbocycles. The normalized spacial score (nSPS) is 29.4. The molecule has 4 heteroatoms. The SMILES string of the molecule is COc1ccc(N2C3CCC2CC(N)C3)c(OC)c1. The van der Waals surface area contributed by atoms with Crippen molar-refractivity contribution in [2.75, 3.05) is 19.1 Å². The van der Waals surface area contributed by atoms with Gasteiger partial charge in [-0.25, -0.2) is 0 Å². The second-order valence-corrected chi connectivity index (χ2v) is 5.56. The summed E-state index contributed by atoms with van der Waals surface area (Å²) in [6.45, 7) is 0. The van der Waals surface area contributed by atoms with E-state index in [9.17, 15) is 0 Å². The minimum absolute atomic E-state index is 0.359. The summed E-state index contributed by atoms with van der Waals surface area (Å²) in [7, 11) is 3.40. The Morgan fingerprint density at radius 1 is 1.11 bits per heavy atom. The van der Waals surface area contributed by atoms with Gasteiger partial charge in [0.25, 0.3) is 0 Å². The molecule has 2 aliphatic rings. The van der Waals surface area contributed by atoms with Crippen LogP contribution in [0, 0.1) is 0 Å². The molecule has 2 N–H and O–H groups in total. The molecule has 1 aromatic rings. The molecule has 0 radical (unpaired) electrons. The Kier molecular flexibility index (Phi) is 3.27. The van der Waals surface area contributed by atoms with Gasteiger partial charge < -0.3 is 20.1 Å². The summed E-state index contributed by atoms with van der Waals surface area (Å²) in [6, 6.07) is 7.57. The van der Waals surface area contributed by atoms with Gasteiger partial charge in [0.15, 0.2) is 0 Å². The van der Waals surface area contributed by atoms with Crippen LogP contribution >= 0.6 is 0 Å². The van der Waals surface area contributed by atoms with Crippen molar-refractivity contribution in [2.45, 2.75) is 43.8 Å². The first-order chi connectivity index (χ1) is 9.22. The van der Waals surface area contributed by atoms with E-state index in [2.05, 4.69) is 11.0 Å². The highest BCUT2D eigenvalue weighted by molar-refractivity contribution is 5.63. The first-order valence-corrected chi connectivity index (χ1v) is 6.99. The van der Waals surface area contributed by atoms with Gasteiger partial charge in [-0.2, -0.15) is 0 Å². The van der Waals surface area contributed by atoms with E-state index in [0.717, 1.165) is 24.3 Å². The molecule has 0 aromatic heterocycles. The van der Waals surface area contributed by atoms with E-state index in [1.807, 2.05) is 12.1 Å². The summed E-state index contributed by atoms with van der Waals surface area (Å²) < 4.78 is 10.8. The van der Waals surface area contributed by atoms with E-state index < -0.39 is 0 Å². The molecule has 0 spiro atoms. The molecule has 2 fully saturated rings. The van der Waals surface area contributed by atoms with E-state index in [0.29, 0.717) is 18.1 Å². The van der Waals surface area contributed by atoms with Gasteiger partial charge in [0, 0.05) is 24.2 Å². The highest BCUT2D eigenvalue weighted by atomic mass is 16.5. The smallest absolute Gasteiger partial charge is 0.145 e. The van der Waals surface area contributed by atoms with Crippen LogP contribution in [0.25, 0.3) is 0 Å². The number of ether oxygens (including phenoxy) is 2. The summed E-state index contributed by atoms with van der Waals surface area (Å²) in [4.78, 5) is 2.52. The molecular formula is C15H22N2O2. The van der Waals surface area contributed by atoms with Crippen molar-refractivity contribution in [1.82, 2.24) is 0 Å². The van der Waals surface area contributed by atoms with Crippen LogP contribution in [0.3, 0.4) is 0 Å². The molecule has 104 valence electrons. The fraction of sp³-hybridized carbons (Fsp3) is 0.600. The Labute approximate surface area is 114 Å². The number of fused-ring (bicyclic) bond motifs is 2. The predicted octanol–water partition coefficient (Wildman–Crippen LogP) is 2.16. The van der Waals surface area contributed by atoms with Crippen molar-refractivity contribution in [3.05, 3.63) is 18.2 Å². The van der Waals surface area contributed by atoms with E-state index >= 15 is 0 Å². The van der Waals surface area contributed by atoms with Crippen molar-refractivity contribution < 1.29 is 9.47 Å². The van der Waals surface area contributed by atoms with Crippen LogP contribution in [0.15, 0.2) is 18.2 Å². The lowest BCUT2D eigenvalue weighted by Crippen LogP contribution is -2.47. The molecule has 2 bridgehead atoms. The van der Waals surface area contributed by atoms with Gasteiger partial charge in [0.1, 0.15) is 11.5 Å². The van der Waals surface area contributed by atoms with Crippen LogP contribution in [0.4, 0.5) is 5.69 Å². The highest BCUT2D eigenvalue weighted by Gasteiger charge is 2.40. The van der Waals surface area contributed by atoms with Crippen LogP contribution in [0.1, 0.15) is 25.7 Å². The summed E-state index contributed by atoms with van der Waals surface area (Å²) in [5.41, 5.74) is 7.32. The topological polar surface area (TPSA) is 47.7 Å². The molecule has 3 rings (SSSR count). The number of piperidine rings is 1. The van der Waals surface area contributed by atoms with Crippen LogP contribution < -0.4 is 20.1 Å². The number of methoxy groups -OCH3 is 2. The van der Waals surface area contributed by atoms with Crippen LogP contribution in [0.5, 0.6) is 11.5 Å². The lowest BCUT2D eigenvalue weighted by Gasteiger charge is -2.40. The number of hydrogen-bond donors (Lipinski definition) is 1. The molecule has 2 saturated heterocycles. The van der Waals surface area contributed by atoms with Gasteiger partial charge in [-0.15, -0.1) is 0 Å². The summed E-state index contributed by atoms with van der Waals surface area (Å²) in [6.07, 6.45) is 4.67. The monoisotopic (exact) mass is 262 g/mol. The van der Waals surface area contributed by atoms with E-state index in [1.165, 1.54) is 18.5 Å². The highest BCUT2D eigenvalue weighted by Crippen LogP contribution is 2.43. The maximum Gasteiger partial charge on any atom is 0.145 e. The second-order valence-electron chi connectivity index (χ2n) is 5.56. The van der Waals surface area contributed by atoms with Crippen molar-refractivity contribution in [2.24, 2.45) is 5.73 Å². The third-order valence-corrected chi connectivity index (χ3v) is 4.43. The van der Waals surface area contributed by atoms with Crippen molar-refractivity contribution in [3.63, 3.8) is 0 Å². The maximum absolute atomic E-state index is 6.13. The van der Waals surface area contributed by atoms with Crippen molar-refractivity contribution in [1.29, 1.82) is 0 Å². The number of nitrogens with zero attached hydrogens (tertiary/aromatic N) is 1. The largest absolute Gasteiger partial charge is 0.497 e. The number of hydrogen-bond acceptors (Lipinski definition) is 4. The molecule has 19 heavy (non-hydrogen) atoms. The Hall–Kier alpha value is -1.42. The molecule has 2 unspecified atom stereocenters. The summed E-state index contributed by atoms with van der Waals surface area (Å²) in [5.74, 6) is 1.73. The third-order valence-electron chi connectivity index (χ3n) is 4.43. The van der Waals surface area contributed by atoms with Gasteiger partial charge in [0.2, 0.25) is 0 Å². The quantitative estimate of drug-likeness (QED) is 0.907. The van der Waals surface area contributed by atoms with Crippen LogP contribution in [-0.2, 0) is 0 Å². The lowest BCUT2D eigenvalue weighted by atomic mass is 9.97. The zero-order valence-corrected chi connectivity index (χ0v) is 11.6. The van der Waals surface area contributed by atoms with E-state index in [1.54, 1.807) is 14.2 Å². The minimum Gasteiger partial charge on any atom is -0.497 e. The van der Waals surface area contributed by atoms with Crippen molar-refractivity contribution >= 4 is 5.69 Å². The summed E-state index contributed by atoms with van der Waals surface area (Å²) in [5, 5.41) is 0. The molecule has 0 amide bonds. The predicted molar refractivity (Wildman–Crippen MR) is 76.0 cm³/mol. The third kappa shape index (κ3) is 2.14. The van der Waals surface area contributed by atoms with E-state index in [-0.39, 0.29) is 0 Å². The van der Waals surface area contributed by atoms with Gasteiger partial charge in [-0.1, -0.05) is 0 Å². The van der Waals surface area contributed by atoms with Crippen LogP contribution in [-0.4, -0.2) is 32.3 Å². The zero-order valence-electron chi connectivity index (χ0n) is 11.6. The number of anilines is 1. The molecule has 2 aliphatic heterocycles. The standard InChI is InChI=1S/C15H22N2O2/c1-18-13-5-6-14(15(9-13)19-2)17-11-3-4-12(17)8-10(16)7-11/h5-6,9-12H,3-4,7-8,16H2,1-2H3. The van der Waals surface area contributed by atoms with E-state index in [4.69, 9.17) is 15.2 Å². The van der Waals surface area contributed by atoms with Gasteiger partial charge in [-0.3, -0.25) is 0 Å². The fourth-order valence-electron chi connectivity index (χ4n) is 3.61. The Balaban J connectivity index is 1.94. The average Bonchev–Trinajstić information content (AvgIpc) is 2.69. The molecular weight excluding hydrogens is 240 g/mol.